The van der Waals surface area contributed by atoms with Crippen molar-refractivity contribution < 1.29 is 13.2 Å². The van der Waals surface area contributed by atoms with Gasteiger partial charge in [-0.05, 0) is 19.8 Å². The van der Waals surface area contributed by atoms with E-state index in [1.165, 1.54) is 13.0 Å². The van der Waals surface area contributed by atoms with E-state index in [0.29, 0.717) is 12.8 Å². The van der Waals surface area contributed by atoms with E-state index in [9.17, 15) is 13.2 Å². The van der Waals surface area contributed by atoms with Crippen LogP contribution in [0.1, 0.15) is 47.5 Å². The molecule has 0 atom stereocenters. The number of alkyl halides is 3. The van der Waals surface area contributed by atoms with Crippen LogP contribution in [0.2, 0.25) is 0 Å². The van der Waals surface area contributed by atoms with Gasteiger partial charge < -0.3 is 0 Å². The van der Waals surface area contributed by atoms with Crippen LogP contribution in [0, 0.1) is 0 Å². The Labute approximate surface area is 90.9 Å². The number of allylic oxidation sites excluding steroid dienone is 4. The molecule has 90 valence electrons. The lowest BCUT2D eigenvalue weighted by Gasteiger charge is -2.08. The molecule has 0 unspecified atom stereocenters. The molecule has 0 N–H and O–H groups in total. The second kappa shape index (κ2) is 8.57. The van der Waals surface area contributed by atoms with E-state index in [-0.39, 0.29) is 0 Å². The molecule has 3 heteroatoms. The molecular formula is C12H21F3. The summed E-state index contributed by atoms with van der Waals surface area (Å²) in [5.41, 5.74) is 0.275. The number of hydrogen-bond donors (Lipinski definition) is 0. The summed E-state index contributed by atoms with van der Waals surface area (Å²) < 4.78 is 36.7. The van der Waals surface area contributed by atoms with E-state index in [4.69, 9.17) is 0 Å². The van der Waals surface area contributed by atoms with Gasteiger partial charge in [-0.3, -0.25) is 0 Å². The normalized spacial score (nSPS) is 11.6. The van der Waals surface area contributed by atoms with E-state index >= 15 is 0 Å². The standard InChI is InChI=1S/C10H15F3.C2H6/c1-4-8(5-2)7-9(6-3)10(11,12)13;1-2/h6-7H,4-5H2,1-3H3;1-2H3/b9-6+;. The van der Waals surface area contributed by atoms with Crippen molar-refractivity contribution in [3.63, 3.8) is 0 Å². The van der Waals surface area contributed by atoms with Crippen LogP contribution in [-0.2, 0) is 0 Å². The zero-order valence-corrected chi connectivity index (χ0v) is 10.2. The van der Waals surface area contributed by atoms with Gasteiger partial charge in [-0.2, -0.15) is 13.2 Å². The van der Waals surface area contributed by atoms with Crippen molar-refractivity contribution in [2.45, 2.75) is 53.6 Å². The Kier molecular flexibility index (Phi) is 9.53. The summed E-state index contributed by atoms with van der Waals surface area (Å²) in [6, 6.07) is 0. The fourth-order valence-corrected chi connectivity index (χ4v) is 1.00. The van der Waals surface area contributed by atoms with E-state index < -0.39 is 11.7 Å². The van der Waals surface area contributed by atoms with Crippen molar-refractivity contribution in [3.8, 4) is 0 Å². The van der Waals surface area contributed by atoms with Crippen molar-refractivity contribution in [2.24, 2.45) is 0 Å². The molecule has 0 spiro atoms. The third-order valence-corrected chi connectivity index (χ3v) is 1.91. The first-order valence-corrected chi connectivity index (χ1v) is 5.38. The maximum atomic E-state index is 12.2. The maximum Gasteiger partial charge on any atom is 0.416 e. The van der Waals surface area contributed by atoms with E-state index in [1.807, 2.05) is 27.7 Å². The van der Waals surface area contributed by atoms with Crippen LogP contribution in [0.15, 0.2) is 23.3 Å². The minimum absolute atomic E-state index is 0.550. The Bertz CT molecular complexity index is 203. The fourth-order valence-electron chi connectivity index (χ4n) is 1.00. The lowest BCUT2D eigenvalue weighted by Crippen LogP contribution is -2.10. The highest BCUT2D eigenvalue weighted by atomic mass is 19.4. The molecular weight excluding hydrogens is 201 g/mol. The topological polar surface area (TPSA) is 0 Å². The highest BCUT2D eigenvalue weighted by molar-refractivity contribution is 5.27. The number of hydrogen-bond acceptors (Lipinski definition) is 0. The summed E-state index contributed by atoms with van der Waals surface area (Å²) in [6.45, 7) is 9.13. The third-order valence-electron chi connectivity index (χ3n) is 1.91. The second-order valence-corrected chi connectivity index (χ2v) is 2.75. The highest BCUT2D eigenvalue weighted by Crippen LogP contribution is 2.28. The van der Waals surface area contributed by atoms with E-state index in [0.717, 1.165) is 11.6 Å². The van der Waals surface area contributed by atoms with Gasteiger partial charge in [-0.25, -0.2) is 0 Å². The molecule has 0 aliphatic carbocycles. The molecule has 0 aromatic carbocycles. The fraction of sp³-hybridized carbons (Fsp3) is 0.667. The summed E-state index contributed by atoms with van der Waals surface area (Å²) in [6.07, 6.45) is -0.538. The monoisotopic (exact) mass is 222 g/mol. The summed E-state index contributed by atoms with van der Waals surface area (Å²) in [7, 11) is 0. The molecule has 0 aliphatic heterocycles. The molecule has 0 aromatic heterocycles. The molecule has 0 bridgehead atoms. The Balaban J connectivity index is 0. The maximum absolute atomic E-state index is 12.2. The van der Waals surface area contributed by atoms with Gasteiger partial charge in [0.15, 0.2) is 0 Å². The molecule has 0 fully saturated rings. The first-order valence-electron chi connectivity index (χ1n) is 5.38. The molecule has 0 amide bonds. The lowest BCUT2D eigenvalue weighted by atomic mass is 10.1. The van der Waals surface area contributed by atoms with Crippen molar-refractivity contribution in [1.29, 1.82) is 0 Å². The lowest BCUT2D eigenvalue weighted by molar-refractivity contribution is -0.0884. The molecule has 0 saturated heterocycles. The van der Waals surface area contributed by atoms with Crippen LogP contribution >= 0.6 is 0 Å². The zero-order chi connectivity index (χ0) is 12.5. The minimum Gasteiger partial charge on any atom is -0.166 e. The van der Waals surface area contributed by atoms with Crippen LogP contribution in [0.3, 0.4) is 0 Å². The van der Waals surface area contributed by atoms with Crippen LogP contribution in [0.4, 0.5) is 13.2 Å². The SMILES string of the molecule is C/C=C(\C=C(CC)CC)C(F)(F)F.CC. The van der Waals surface area contributed by atoms with Crippen molar-refractivity contribution in [1.82, 2.24) is 0 Å². The number of rotatable bonds is 3. The van der Waals surface area contributed by atoms with Gasteiger partial charge in [0.1, 0.15) is 0 Å². The molecule has 0 aliphatic rings. The Morgan fingerprint density at radius 3 is 1.67 bits per heavy atom. The molecule has 0 aromatic rings. The smallest absolute Gasteiger partial charge is 0.166 e. The van der Waals surface area contributed by atoms with E-state index in [2.05, 4.69) is 0 Å². The Morgan fingerprint density at radius 2 is 1.47 bits per heavy atom. The third kappa shape index (κ3) is 7.23. The summed E-state index contributed by atoms with van der Waals surface area (Å²) in [5.74, 6) is 0. The number of halogens is 3. The van der Waals surface area contributed by atoms with Gasteiger partial charge in [-0.15, -0.1) is 0 Å². The van der Waals surface area contributed by atoms with Gasteiger partial charge in [0.05, 0.1) is 5.57 Å². The minimum atomic E-state index is -4.22. The molecule has 0 heterocycles. The highest BCUT2D eigenvalue weighted by Gasteiger charge is 2.31. The van der Waals surface area contributed by atoms with Gasteiger partial charge >= 0.3 is 6.18 Å². The van der Waals surface area contributed by atoms with E-state index in [1.54, 1.807) is 0 Å². The Morgan fingerprint density at radius 1 is 1.07 bits per heavy atom. The second-order valence-electron chi connectivity index (χ2n) is 2.75. The Hall–Kier alpha value is -0.730. The summed E-state index contributed by atoms with van der Waals surface area (Å²) in [4.78, 5) is 0. The predicted molar refractivity (Wildman–Crippen MR) is 59.8 cm³/mol. The van der Waals surface area contributed by atoms with Crippen LogP contribution < -0.4 is 0 Å². The van der Waals surface area contributed by atoms with Crippen molar-refractivity contribution >= 4 is 0 Å². The molecule has 15 heavy (non-hydrogen) atoms. The molecule has 0 rings (SSSR count). The van der Waals surface area contributed by atoms with Crippen LogP contribution in [0.25, 0.3) is 0 Å². The zero-order valence-electron chi connectivity index (χ0n) is 10.2. The summed E-state index contributed by atoms with van der Waals surface area (Å²) >= 11 is 0. The summed E-state index contributed by atoms with van der Waals surface area (Å²) in [5, 5.41) is 0. The van der Waals surface area contributed by atoms with Gasteiger partial charge in [0.2, 0.25) is 0 Å². The first kappa shape index (κ1) is 16.7. The quantitative estimate of drug-likeness (QED) is 0.571. The predicted octanol–water partition coefficient (Wildman–Crippen LogP) is 5.27. The average molecular weight is 222 g/mol. The molecule has 0 radical (unpaired) electrons. The van der Waals surface area contributed by atoms with Gasteiger partial charge in [0.25, 0.3) is 0 Å². The van der Waals surface area contributed by atoms with Crippen LogP contribution in [-0.4, -0.2) is 6.18 Å². The largest absolute Gasteiger partial charge is 0.416 e. The van der Waals surface area contributed by atoms with Gasteiger partial charge in [-0.1, -0.05) is 45.4 Å². The first-order chi connectivity index (χ1) is 6.95. The van der Waals surface area contributed by atoms with Crippen LogP contribution in [0.5, 0.6) is 0 Å². The molecule has 0 saturated carbocycles. The van der Waals surface area contributed by atoms with Crippen molar-refractivity contribution in [3.05, 3.63) is 23.3 Å². The average Bonchev–Trinajstić information content (AvgIpc) is 2.21. The molecule has 0 nitrogen and oxygen atoms in total. The van der Waals surface area contributed by atoms with Gasteiger partial charge in [0, 0.05) is 0 Å². The van der Waals surface area contributed by atoms with Crippen molar-refractivity contribution in [2.75, 3.05) is 0 Å².